The number of amides is 1. The van der Waals surface area contributed by atoms with Gasteiger partial charge in [-0.3, -0.25) is 9.69 Å². The molecule has 0 spiro atoms. The second kappa shape index (κ2) is 6.75. The van der Waals surface area contributed by atoms with E-state index in [0.29, 0.717) is 12.3 Å². The minimum atomic E-state index is -0.257. The first-order chi connectivity index (χ1) is 8.47. The smallest absolute Gasteiger partial charge is 0.241 e. The number of carbonyl (C=O) groups is 1. The second-order valence-electron chi connectivity index (χ2n) is 5.71. The molecule has 0 aromatic carbocycles. The Morgan fingerprint density at radius 3 is 2.72 bits per heavy atom. The summed E-state index contributed by atoms with van der Waals surface area (Å²) in [4.78, 5) is 16.5. The molecular weight excluding hydrogens is 226 g/mol. The van der Waals surface area contributed by atoms with Crippen molar-refractivity contribution in [3.63, 3.8) is 0 Å². The van der Waals surface area contributed by atoms with E-state index < -0.39 is 0 Å². The molecule has 0 bridgehead atoms. The Hall–Kier alpha value is -1.08. The lowest BCUT2D eigenvalue weighted by atomic mass is 10.1. The Morgan fingerprint density at radius 1 is 1.50 bits per heavy atom. The molecule has 1 saturated heterocycles. The maximum absolute atomic E-state index is 12.5. The van der Waals surface area contributed by atoms with Crippen molar-refractivity contribution in [1.82, 2.24) is 9.80 Å². The van der Waals surface area contributed by atoms with E-state index in [1.165, 1.54) is 0 Å². The lowest BCUT2D eigenvalue weighted by Gasteiger charge is -2.30. The van der Waals surface area contributed by atoms with Gasteiger partial charge in [0.1, 0.15) is 6.04 Å². The Balaban J connectivity index is 2.79. The Morgan fingerprint density at radius 2 is 2.17 bits per heavy atom. The van der Waals surface area contributed by atoms with Crippen molar-refractivity contribution in [3.8, 4) is 6.07 Å². The molecule has 2 atom stereocenters. The monoisotopic (exact) mass is 251 g/mol. The highest BCUT2D eigenvalue weighted by atomic mass is 16.2. The third-order valence-electron chi connectivity index (χ3n) is 3.76. The second-order valence-corrected chi connectivity index (χ2v) is 5.71. The number of hydrogen-bond donors (Lipinski definition) is 0. The molecule has 1 rings (SSSR count). The third kappa shape index (κ3) is 3.71. The van der Waals surface area contributed by atoms with Gasteiger partial charge in [0, 0.05) is 19.1 Å². The predicted octanol–water partition coefficient (Wildman–Crippen LogP) is 1.87. The van der Waals surface area contributed by atoms with E-state index in [9.17, 15) is 4.79 Å². The van der Waals surface area contributed by atoms with Gasteiger partial charge in [0.15, 0.2) is 0 Å². The van der Waals surface area contributed by atoms with Gasteiger partial charge in [-0.1, -0.05) is 13.8 Å². The fourth-order valence-electron chi connectivity index (χ4n) is 2.36. The Kier molecular flexibility index (Phi) is 5.61. The van der Waals surface area contributed by atoms with Crippen LogP contribution in [0.4, 0.5) is 0 Å². The molecule has 1 amide bonds. The molecule has 0 N–H and O–H groups in total. The summed E-state index contributed by atoms with van der Waals surface area (Å²) in [6.07, 6.45) is 2.31. The summed E-state index contributed by atoms with van der Waals surface area (Å²) in [6, 6.07) is 2.16. The first-order valence-electron chi connectivity index (χ1n) is 6.85. The lowest BCUT2D eigenvalue weighted by molar-refractivity contribution is -0.136. The number of rotatable bonds is 4. The molecule has 1 fully saturated rings. The van der Waals surface area contributed by atoms with Gasteiger partial charge in [-0.15, -0.1) is 0 Å². The van der Waals surface area contributed by atoms with Gasteiger partial charge in [-0.25, -0.2) is 0 Å². The average Bonchev–Trinajstić information content (AvgIpc) is 2.40. The molecule has 0 saturated carbocycles. The lowest BCUT2D eigenvalue weighted by Crippen LogP contribution is -2.46. The fourth-order valence-corrected chi connectivity index (χ4v) is 2.36. The van der Waals surface area contributed by atoms with Crippen LogP contribution in [0.25, 0.3) is 0 Å². The van der Waals surface area contributed by atoms with E-state index >= 15 is 0 Å². The highest BCUT2D eigenvalue weighted by Gasteiger charge is 2.33. The minimum absolute atomic E-state index is 0.129. The molecule has 4 heteroatoms. The van der Waals surface area contributed by atoms with Crippen LogP contribution in [0.15, 0.2) is 0 Å². The van der Waals surface area contributed by atoms with Crippen LogP contribution in [0, 0.1) is 17.2 Å². The van der Waals surface area contributed by atoms with Gasteiger partial charge in [0.25, 0.3) is 0 Å². The third-order valence-corrected chi connectivity index (χ3v) is 3.76. The molecule has 0 aromatic heterocycles. The van der Waals surface area contributed by atoms with Crippen molar-refractivity contribution in [2.24, 2.45) is 5.92 Å². The predicted molar refractivity (Wildman–Crippen MR) is 71.9 cm³/mol. The van der Waals surface area contributed by atoms with Crippen LogP contribution in [-0.4, -0.2) is 47.9 Å². The molecule has 1 heterocycles. The molecule has 1 aliphatic heterocycles. The van der Waals surface area contributed by atoms with Crippen LogP contribution < -0.4 is 0 Å². The highest BCUT2D eigenvalue weighted by Crippen LogP contribution is 2.18. The van der Waals surface area contributed by atoms with Crippen molar-refractivity contribution < 1.29 is 4.79 Å². The number of likely N-dealkylation sites (N-methyl/N-ethyl adjacent to an activating group) is 1. The normalized spacial score (nSPS) is 26.2. The van der Waals surface area contributed by atoms with Crippen molar-refractivity contribution in [3.05, 3.63) is 0 Å². The SMILES string of the molecule is CC(C)CCN1C(=O)C(CC#N)N(C)CCC1C. The number of nitriles is 1. The zero-order valence-corrected chi connectivity index (χ0v) is 12.0. The summed E-state index contributed by atoms with van der Waals surface area (Å²) in [5, 5.41) is 8.87. The van der Waals surface area contributed by atoms with Crippen LogP contribution >= 0.6 is 0 Å². The summed E-state index contributed by atoms with van der Waals surface area (Å²) < 4.78 is 0. The van der Waals surface area contributed by atoms with Gasteiger partial charge < -0.3 is 4.90 Å². The summed E-state index contributed by atoms with van der Waals surface area (Å²) >= 11 is 0. The highest BCUT2D eigenvalue weighted by molar-refractivity contribution is 5.82. The van der Waals surface area contributed by atoms with E-state index in [0.717, 1.165) is 25.9 Å². The van der Waals surface area contributed by atoms with Gasteiger partial charge in [-0.2, -0.15) is 5.26 Å². The molecule has 18 heavy (non-hydrogen) atoms. The first-order valence-corrected chi connectivity index (χ1v) is 6.85. The molecular formula is C14H25N3O. The van der Waals surface area contributed by atoms with E-state index in [4.69, 9.17) is 5.26 Å². The van der Waals surface area contributed by atoms with Gasteiger partial charge in [0.05, 0.1) is 12.5 Å². The quantitative estimate of drug-likeness (QED) is 0.766. The largest absolute Gasteiger partial charge is 0.339 e. The van der Waals surface area contributed by atoms with Crippen LogP contribution in [0.3, 0.4) is 0 Å². The Bertz CT molecular complexity index is 321. The van der Waals surface area contributed by atoms with Crippen molar-refractivity contribution >= 4 is 5.91 Å². The summed E-state index contributed by atoms with van der Waals surface area (Å²) in [5.41, 5.74) is 0. The summed E-state index contributed by atoms with van der Waals surface area (Å²) in [7, 11) is 1.94. The fraction of sp³-hybridized carbons (Fsp3) is 0.857. The molecule has 1 aliphatic rings. The molecule has 0 aromatic rings. The standard InChI is InChI=1S/C14H25N3O/c1-11(2)6-10-17-12(3)7-9-16(4)13(5-8-15)14(17)18/h11-13H,5-7,9-10H2,1-4H3. The summed E-state index contributed by atoms with van der Waals surface area (Å²) in [6.45, 7) is 8.16. The van der Waals surface area contributed by atoms with Gasteiger partial charge in [0.2, 0.25) is 5.91 Å². The van der Waals surface area contributed by atoms with E-state index in [2.05, 4.69) is 26.8 Å². The molecule has 4 nitrogen and oxygen atoms in total. The van der Waals surface area contributed by atoms with Gasteiger partial charge in [-0.05, 0) is 32.7 Å². The van der Waals surface area contributed by atoms with E-state index in [1.807, 2.05) is 16.8 Å². The zero-order valence-electron chi connectivity index (χ0n) is 12.0. The van der Waals surface area contributed by atoms with E-state index in [1.54, 1.807) is 0 Å². The topological polar surface area (TPSA) is 47.3 Å². The maximum Gasteiger partial charge on any atom is 0.241 e. The minimum Gasteiger partial charge on any atom is -0.339 e. The van der Waals surface area contributed by atoms with Crippen molar-refractivity contribution in [1.29, 1.82) is 5.26 Å². The van der Waals surface area contributed by atoms with Crippen molar-refractivity contribution in [2.75, 3.05) is 20.1 Å². The molecule has 2 unspecified atom stereocenters. The number of carbonyl (C=O) groups excluding carboxylic acids is 1. The van der Waals surface area contributed by atoms with E-state index in [-0.39, 0.29) is 18.0 Å². The first kappa shape index (κ1) is 15.0. The molecule has 0 aliphatic carbocycles. The summed E-state index contributed by atoms with van der Waals surface area (Å²) in [5.74, 6) is 0.727. The van der Waals surface area contributed by atoms with Gasteiger partial charge >= 0.3 is 0 Å². The molecule has 102 valence electrons. The van der Waals surface area contributed by atoms with Crippen LogP contribution in [-0.2, 0) is 4.79 Å². The van der Waals surface area contributed by atoms with Crippen LogP contribution in [0.2, 0.25) is 0 Å². The maximum atomic E-state index is 12.5. The average molecular weight is 251 g/mol. The number of nitrogens with zero attached hydrogens (tertiary/aromatic N) is 3. The Labute approximate surface area is 111 Å². The number of hydrogen-bond acceptors (Lipinski definition) is 3. The van der Waals surface area contributed by atoms with Crippen LogP contribution in [0.5, 0.6) is 0 Å². The zero-order chi connectivity index (χ0) is 13.7. The van der Waals surface area contributed by atoms with Crippen LogP contribution in [0.1, 0.15) is 40.0 Å². The molecule has 0 radical (unpaired) electrons. The van der Waals surface area contributed by atoms with Crippen molar-refractivity contribution in [2.45, 2.75) is 52.1 Å².